The second-order valence-corrected chi connectivity index (χ2v) is 9.59. The highest BCUT2D eigenvalue weighted by atomic mass is 32.1. The predicted octanol–water partition coefficient (Wildman–Crippen LogP) is 3.58. The smallest absolute Gasteiger partial charge is 0.344 e. The van der Waals surface area contributed by atoms with Crippen LogP contribution in [0.25, 0.3) is 5.65 Å². The molecule has 0 aromatic carbocycles. The highest BCUT2D eigenvalue weighted by Gasteiger charge is 2.30. The second-order valence-electron chi connectivity index (χ2n) is 8.48. The van der Waals surface area contributed by atoms with Crippen LogP contribution in [0.4, 0.5) is 5.00 Å². The van der Waals surface area contributed by atoms with E-state index < -0.39 is 24.5 Å². The summed E-state index contributed by atoms with van der Waals surface area (Å²) in [7, 11) is 0. The molecule has 1 atom stereocenters. The number of amides is 1. The summed E-state index contributed by atoms with van der Waals surface area (Å²) in [5.41, 5.74) is 2.39. The molecule has 0 fully saturated rings. The van der Waals surface area contributed by atoms with E-state index in [1.54, 1.807) is 39.2 Å². The zero-order chi connectivity index (χ0) is 23.7. The number of hydrogen-bond acceptors (Lipinski definition) is 8. The van der Waals surface area contributed by atoms with Crippen molar-refractivity contribution in [3.8, 4) is 0 Å². The average Bonchev–Trinajstić information content (AvgIpc) is 3.27. The molecule has 0 bridgehead atoms. The minimum absolute atomic E-state index is 0.213. The maximum atomic E-state index is 12.8. The van der Waals surface area contributed by atoms with Crippen LogP contribution in [0.5, 0.6) is 0 Å². The van der Waals surface area contributed by atoms with E-state index in [0.717, 1.165) is 29.7 Å². The molecule has 3 aromatic rings. The average molecular weight is 471 g/mol. The Labute approximate surface area is 195 Å². The summed E-state index contributed by atoms with van der Waals surface area (Å²) in [5.74, 6) is -1.15. The Hall–Kier alpha value is -3.27. The minimum Gasteiger partial charge on any atom is -0.459 e. The third-order valence-corrected chi connectivity index (χ3v) is 6.59. The summed E-state index contributed by atoms with van der Waals surface area (Å²) in [5, 5.41) is 7.42. The Morgan fingerprint density at radius 3 is 2.82 bits per heavy atom. The van der Waals surface area contributed by atoms with Gasteiger partial charge in [-0.1, -0.05) is 6.92 Å². The molecule has 1 aliphatic rings. The molecular formula is C23H26N4O5S. The monoisotopic (exact) mass is 470 g/mol. The number of hydrogen-bond donors (Lipinski definition) is 1. The molecule has 1 N–H and O–H groups in total. The number of thiophene rings is 1. The van der Waals surface area contributed by atoms with E-state index in [0.29, 0.717) is 27.8 Å². The molecule has 1 amide bonds. The molecule has 174 valence electrons. The number of aryl methyl sites for hydroxylation is 1. The van der Waals surface area contributed by atoms with E-state index in [-0.39, 0.29) is 11.7 Å². The lowest BCUT2D eigenvalue weighted by molar-refractivity contribution is -0.119. The Morgan fingerprint density at radius 1 is 1.27 bits per heavy atom. The lowest BCUT2D eigenvalue weighted by Crippen LogP contribution is -2.22. The number of ether oxygens (including phenoxy) is 2. The van der Waals surface area contributed by atoms with Crippen LogP contribution >= 0.6 is 11.3 Å². The molecule has 0 saturated carbocycles. The lowest BCUT2D eigenvalue weighted by Gasteiger charge is -2.18. The fourth-order valence-electron chi connectivity index (χ4n) is 3.93. The Bertz CT molecular complexity index is 1230. The van der Waals surface area contributed by atoms with Gasteiger partial charge in [0.1, 0.15) is 10.6 Å². The van der Waals surface area contributed by atoms with Crippen LogP contribution in [0.1, 0.15) is 64.0 Å². The number of aromatic nitrogens is 3. The fraction of sp³-hybridized carbons (Fsp3) is 0.435. The zero-order valence-electron chi connectivity index (χ0n) is 19.0. The van der Waals surface area contributed by atoms with Crippen LogP contribution in [-0.2, 0) is 27.1 Å². The molecule has 0 saturated heterocycles. The van der Waals surface area contributed by atoms with E-state index >= 15 is 0 Å². The van der Waals surface area contributed by atoms with Crippen LogP contribution in [0.3, 0.4) is 0 Å². The maximum absolute atomic E-state index is 12.8. The predicted molar refractivity (Wildman–Crippen MR) is 123 cm³/mol. The number of anilines is 1. The summed E-state index contributed by atoms with van der Waals surface area (Å²) < 4.78 is 12.1. The summed E-state index contributed by atoms with van der Waals surface area (Å²) in [6, 6.07) is 1.70. The molecule has 10 heteroatoms. The van der Waals surface area contributed by atoms with Gasteiger partial charge in [0, 0.05) is 17.3 Å². The van der Waals surface area contributed by atoms with Crippen molar-refractivity contribution in [2.75, 3.05) is 11.9 Å². The summed E-state index contributed by atoms with van der Waals surface area (Å²) in [6.07, 6.45) is 5.55. The number of carbonyl (C=O) groups excluding carboxylic acids is 3. The van der Waals surface area contributed by atoms with Crippen molar-refractivity contribution in [1.82, 2.24) is 14.6 Å². The van der Waals surface area contributed by atoms with Crippen molar-refractivity contribution in [2.45, 2.75) is 53.1 Å². The van der Waals surface area contributed by atoms with Crippen LogP contribution in [-0.4, -0.2) is 45.2 Å². The van der Waals surface area contributed by atoms with Gasteiger partial charge in [-0.05, 0) is 57.6 Å². The molecule has 1 unspecified atom stereocenters. The Kier molecular flexibility index (Phi) is 6.46. The first-order chi connectivity index (χ1) is 15.7. The van der Waals surface area contributed by atoms with Crippen LogP contribution in [0.2, 0.25) is 0 Å². The van der Waals surface area contributed by atoms with Gasteiger partial charge >= 0.3 is 11.9 Å². The van der Waals surface area contributed by atoms with Gasteiger partial charge in [-0.2, -0.15) is 5.10 Å². The molecule has 4 rings (SSSR count). The summed E-state index contributed by atoms with van der Waals surface area (Å²) >= 11 is 1.39. The van der Waals surface area contributed by atoms with Crippen LogP contribution in [0.15, 0.2) is 18.5 Å². The molecule has 9 nitrogen and oxygen atoms in total. The second kappa shape index (κ2) is 9.30. The van der Waals surface area contributed by atoms with Crippen molar-refractivity contribution < 1.29 is 23.9 Å². The normalized spacial score (nSPS) is 15.4. The van der Waals surface area contributed by atoms with Crippen molar-refractivity contribution in [1.29, 1.82) is 0 Å². The molecule has 0 spiro atoms. The highest BCUT2D eigenvalue weighted by Crippen LogP contribution is 2.40. The Morgan fingerprint density at radius 2 is 2.06 bits per heavy atom. The van der Waals surface area contributed by atoms with E-state index in [9.17, 15) is 14.4 Å². The Balaban J connectivity index is 1.49. The summed E-state index contributed by atoms with van der Waals surface area (Å²) in [6.45, 7) is 6.92. The number of nitrogens with one attached hydrogen (secondary N) is 1. The van der Waals surface area contributed by atoms with Crippen molar-refractivity contribution in [3.05, 3.63) is 45.7 Å². The number of rotatable bonds is 6. The first-order valence-corrected chi connectivity index (χ1v) is 11.7. The first-order valence-electron chi connectivity index (χ1n) is 10.9. The van der Waals surface area contributed by atoms with Crippen LogP contribution in [0, 0.1) is 12.8 Å². The van der Waals surface area contributed by atoms with E-state index in [2.05, 4.69) is 22.3 Å². The standard InChI is InChI=1S/C23H26N4O5S/c1-12(2)32-23(30)19-15-7-6-13(3)10-16(15)33-21(19)25-17(28)11-31-22(29)18-14(4)26-27-9-5-8-24-20(18)27/h5,8-9,12-13H,6-7,10-11H2,1-4H3,(H,25,28). The topological polar surface area (TPSA) is 112 Å². The van der Waals surface area contributed by atoms with Gasteiger partial charge < -0.3 is 14.8 Å². The lowest BCUT2D eigenvalue weighted by atomic mass is 9.88. The van der Waals surface area contributed by atoms with Crippen molar-refractivity contribution >= 4 is 39.8 Å². The maximum Gasteiger partial charge on any atom is 0.344 e. The van der Waals surface area contributed by atoms with Gasteiger partial charge in [0.25, 0.3) is 5.91 Å². The molecular weight excluding hydrogens is 444 g/mol. The van der Waals surface area contributed by atoms with Crippen molar-refractivity contribution in [2.24, 2.45) is 5.92 Å². The van der Waals surface area contributed by atoms with Gasteiger partial charge in [0.15, 0.2) is 12.3 Å². The van der Waals surface area contributed by atoms with E-state index in [1.807, 2.05) is 0 Å². The zero-order valence-corrected chi connectivity index (χ0v) is 19.8. The molecule has 0 aliphatic heterocycles. The molecule has 3 heterocycles. The van der Waals surface area contributed by atoms with E-state index in [4.69, 9.17) is 9.47 Å². The largest absolute Gasteiger partial charge is 0.459 e. The van der Waals surface area contributed by atoms with Gasteiger partial charge in [0.2, 0.25) is 0 Å². The third kappa shape index (κ3) is 4.75. The number of carbonyl (C=O) groups is 3. The first kappa shape index (κ1) is 22.9. The quantitative estimate of drug-likeness (QED) is 0.548. The molecule has 1 aliphatic carbocycles. The molecule has 33 heavy (non-hydrogen) atoms. The molecule has 3 aromatic heterocycles. The van der Waals surface area contributed by atoms with Gasteiger partial charge in [0.05, 0.1) is 17.4 Å². The van der Waals surface area contributed by atoms with E-state index in [1.165, 1.54) is 15.9 Å². The fourth-order valence-corrected chi connectivity index (χ4v) is 5.34. The van der Waals surface area contributed by atoms with Gasteiger partial charge in [-0.15, -0.1) is 11.3 Å². The van der Waals surface area contributed by atoms with Gasteiger partial charge in [-0.3, -0.25) is 4.79 Å². The van der Waals surface area contributed by atoms with Gasteiger partial charge in [-0.25, -0.2) is 19.1 Å². The highest BCUT2D eigenvalue weighted by molar-refractivity contribution is 7.17. The van der Waals surface area contributed by atoms with Crippen LogP contribution < -0.4 is 5.32 Å². The summed E-state index contributed by atoms with van der Waals surface area (Å²) in [4.78, 5) is 43.3. The number of nitrogens with zero attached hydrogens (tertiary/aromatic N) is 3. The molecule has 0 radical (unpaired) electrons. The number of fused-ring (bicyclic) bond motifs is 2. The van der Waals surface area contributed by atoms with Crippen molar-refractivity contribution in [3.63, 3.8) is 0 Å². The number of esters is 2. The third-order valence-electron chi connectivity index (χ3n) is 5.42. The SMILES string of the molecule is Cc1nn2cccnc2c1C(=O)OCC(=O)Nc1sc2c(c1C(=O)OC(C)C)CCC(C)C2. The minimum atomic E-state index is -0.685.